The Morgan fingerprint density at radius 3 is 2.00 bits per heavy atom. The lowest BCUT2D eigenvalue weighted by molar-refractivity contribution is 0.373. The summed E-state index contributed by atoms with van der Waals surface area (Å²) in [5, 5.41) is 0. The zero-order chi connectivity index (χ0) is 10.0. The van der Waals surface area contributed by atoms with Crippen LogP contribution in [0.2, 0.25) is 0 Å². The van der Waals surface area contributed by atoms with Crippen molar-refractivity contribution in [3.8, 4) is 0 Å². The zero-order valence-electron chi connectivity index (χ0n) is 8.76. The lowest BCUT2D eigenvalue weighted by Gasteiger charge is -2.10. The molecular formula is C12H17F. The topological polar surface area (TPSA) is 0 Å². The van der Waals surface area contributed by atoms with E-state index in [0.29, 0.717) is 5.92 Å². The van der Waals surface area contributed by atoms with Crippen LogP contribution in [0.3, 0.4) is 0 Å². The Morgan fingerprint density at radius 2 is 1.54 bits per heavy atom. The predicted octanol–water partition coefficient (Wildman–Crippen LogP) is 4.15. The maximum Gasteiger partial charge on any atom is 0.122 e. The van der Waals surface area contributed by atoms with Crippen molar-refractivity contribution in [3.05, 3.63) is 34.9 Å². The molecule has 0 aromatic heterocycles. The van der Waals surface area contributed by atoms with Crippen LogP contribution in [0.15, 0.2) is 18.2 Å². The van der Waals surface area contributed by atoms with E-state index in [1.54, 1.807) is 6.92 Å². The average Bonchev–Trinajstić information content (AvgIpc) is 2.03. The molecule has 0 bridgehead atoms. The van der Waals surface area contributed by atoms with Crippen LogP contribution in [0, 0.1) is 6.92 Å². The van der Waals surface area contributed by atoms with E-state index in [1.165, 1.54) is 5.56 Å². The molecule has 0 radical (unpaired) electrons. The van der Waals surface area contributed by atoms with Gasteiger partial charge in [0.15, 0.2) is 0 Å². The normalized spacial score (nSPS) is 13.4. The number of halogens is 1. The van der Waals surface area contributed by atoms with Crippen molar-refractivity contribution in [3.63, 3.8) is 0 Å². The first-order chi connectivity index (χ1) is 6.00. The number of rotatable bonds is 2. The largest absolute Gasteiger partial charge is 0.243 e. The van der Waals surface area contributed by atoms with Gasteiger partial charge in [-0.15, -0.1) is 0 Å². The van der Waals surface area contributed by atoms with Crippen molar-refractivity contribution in [1.29, 1.82) is 0 Å². The summed E-state index contributed by atoms with van der Waals surface area (Å²) in [7, 11) is 0. The minimum Gasteiger partial charge on any atom is -0.243 e. The van der Waals surface area contributed by atoms with Crippen LogP contribution in [-0.2, 0) is 0 Å². The number of benzene rings is 1. The molecule has 0 aliphatic carbocycles. The fourth-order valence-electron chi connectivity index (χ4n) is 1.41. The highest BCUT2D eigenvalue weighted by molar-refractivity contribution is 5.32. The van der Waals surface area contributed by atoms with Gasteiger partial charge in [0.1, 0.15) is 6.17 Å². The highest BCUT2D eigenvalue weighted by Gasteiger charge is 2.06. The Morgan fingerprint density at radius 1 is 1.00 bits per heavy atom. The van der Waals surface area contributed by atoms with Crippen LogP contribution in [0.4, 0.5) is 4.39 Å². The number of hydrogen-bond donors (Lipinski definition) is 0. The third-order valence-electron chi connectivity index (χ3n) is 2.25. The molecule has 0 fully saturated rings. The lowest BCUT2D eigenvalue weighted by atomic mass is 9.97. The second-order valence-corrected chi connectivity index (χ2v) is 3.95. The van der Waals surface area contributed by atoms with Gasteiger partial charge in [-0.25, -0.2) is 4.39 Å². The van der Waals surface area contributed by atoms with Crippen LogP contribution in [-0.4, -0.2) is 0 Å². The van der Waals surface area contributed by atoms with Gasteiger partial charge in [-0.3, -0.25) is 0 Å². The molecule has 0 saturated heterocycles. The van der Waals surface area contributed by atoms with E-state index in [9.17, 15) is 4.39 Å². The van der Waals surface area contributed by atoms with E-state index in [1.807, 2.05) is 19.1 Å². The molecule has 1 heteroatoms. The van der Waals surface area contributed by atoms with Gasteiger partial charge in [-0.2, -0.15) is 0 Å². The molecule has 1 aromatic rings. The molecule has 1 atom stereocenters. The monoisotopic (exact) mass is 180 g/mol. The van der Waals surface area contributed by atoms with Crippen molar-refractivity contribution in [1.82, 2.24) is 0 Å². The van der Waals surface area contributed by atoms with Gasteiger partial charge >= 0.3 is 0 Å². The molecule has 0 nitrogen and oxygen atoms in total. The second kappa shape index (κ2) is 3.91. The molecule has 0 amide bonds. The molecule has 13 heavy (non-hydrogen) atoms. The maximum atomic E-state index is 13.1. The molecule has 1 aromatic carbocycles. The molecule has 0 aliphatic rings. The van der Waals surface area contributed by atoms with Gasteiger partial charge in [0.25, 0.3) is 0 Å². The van der Waals surface area contributed by atoms with E-state index in [4.69, 9.17) is 0 Å². The molecule has 0 aliphatic heterocycles. The maximum absolute atomic E-state index is 13.1. The van der Waals surface area contributed by atoms with E-state index in [0.717, 1.165) is 11.1 Å². The van der Waals surface area contributed by atoms with Crippen molar-refractivity contribution in [2.24, 2.45) is 0 Å². The SMILES string of the molecule is Cc1cc(C(C)C)cc(C(C)F)c1. The summed E-state index contributed by atoms with van der Waals surface area (Å²) in [6, 6.07) is 6.00. The Kier molecular flexibility index (Phi) is 3.07. The number of hydrogen-bond acceptors (Lipinski definition) is 0. The van der Waals surface area contributed by atoms with Gasteiger partial charge in [-0.05, 0) is 30.9 Å². The minimum absolute atomic E-state index is 0.470. The molecule has 1 rings (SSSR count). The van der Waals surface area contributed by atoms with E-state index < -0.39 is 6.17 Å². The average molecular weight is 180 g/mol. The predicted molar refractivity (Wildman–Crippen MR) is 54.8 cm³/mol. The first kappa shape index (κ1) is 10.2. The van der Waals surface area contributed by atoms with Crippen molar-refractivity contribution in [2.75, 3.05) is 0 Å². The summed E-state index contributed by atoms with van der Waals surface area (Å²) in [4.78, 5) is 0. The molecule has 0 N–H and O–H groups in total. The Hall–Kier alpha value is -0.850. The van der Waals surface area contributed by atoms with Crippen molar-refractivity contribution < 1.29 is 4.39 Å². The summed E-state index contributed by atoms with van der Waals surface area (Å²) in [5.74, 6) is 0.470. The zero-order valence-corrected chi connectivity index (χ0v) is 8.76. The van der Waals surface area contributed by atoms with Crippen LogP contribution in [0.25, 0.3) is 0 Å². The molecule has 0 heterocycles. The standard InChI is InChI=1S/C12H17F/c1-8(2)11-5-9(3)6-12(7-11)10(4)13/h5-8,10H,1-4H3. The summed E-state index contributed by atoms with van der Waals surface area (Å²) >= 11 is 0. The third kappa shape index (κ3) is 2.55. The van der Waals surface area contributed by atoms with Gasteiger partial charge in [0.05, 0.1) is 0 Å². The first-order valence-corrected chi connectivity index (χ1v) is 4.76. The van der Waals surface area contributed by atoms with Crippen LogP contribution in [0.1, 0.15) is 49.6 Å². The summed E-state index contributed by atoms with van der Waals surface area (Å²) in [6.07, 6.45) is -0.864. The molecule has 0 saturated carbocycles. The minimum atomic E-state index is -0.864. The first-order valence-electron chi connectivity index (χ1n) is 4.76. The van der Waals surface area contributed by atoms with Gasteiger partial charge in [0.2, 0.25) is 0 Å². The van der Waals surface area contributed by atoms with Gasteiger partial charge < -0.3 is 0 Å². The molecular weight excluding hydrogens is 163 g/mol. The van der Waals surface area contributed by atoms with E-state index in [-0.39, 0.29) is 0 Å². The van der Waals surface area contributed by atoms with E-state index in [2.05, 4.69) is 19.9 Å². The quantitative estimate of drug-likeness (QED) is 0.641. The summed E-state index contributed by atoms with van der Waals surface area (Å²) in [5.41, 5.74) is 3.16. The third-order valence-corrected chi connectivity index (χ3v) is 2.25. The fraction of sp³-hybridized carbons (Fsp3) is 0.500. The fourth-order valence-corrected chi connectivity index (χ4v) is 1.41. The van der Waals surface area contributed by atoms with Crippen LogP contribution >= 0.6 is 0 Å². The second-order valence-electron chi connectivity index (χ2n) is 3.95. The highest BCUT2D eigenvalue weighted by Crippen LogP contribution is 2.23. The molecule has 0 spiro atoms. The summed E-state index contributed by atoms with van der Waals surface area (Å²) in [6.45, 7) is 7.85. The molecule has 1 unspecified atom stereocenters. The van der Waals surface area contributed by atoms with Crippen LogP contribution in [0.5, 0.6) is 0 Å². The van der Waals surface area contributed by atoms with Crippen LogP contribution < -0.4 is 0 Å². The van der Waals surface area contributed by atoms with Gasteiger partial charge in [-0.1, -0.05) is 37.6 Å². The number of alkyl halides is 1. The smallest absolute Gasteiger partial charge is 0.122 e. The van der Waals surface area contributed by atoms with Crippen molar-refractivity contribution in [2.45, 2.75) is 39.8 Å². The van der Waals surface area contributed by atoms with Gasteiger partial charge in [0, 0.05) is 0 Å². The lowest BCUT2D eigenvalue weighted by Crippen LogP contribution is -1.93. The number of aryl methyl sites for hydroxylation is 1. The van der Waals surface area contributed by atoms with Crippen molar-refractivity contribution >= 4 is 0 Å². The highest BCUT2D eigenvalue weighted by atomic mass is 19.1. The molecule has 72 valence electrons. The van der Waals surface area contributed by atoms with E-state index >= 15 is 0 Å². The Balaban J connectivity index is 3.11. The summed E-state index contributed by atoms with van der Waals surface area (Å²) < 4.78 is 13.1. The Bertz CT molecular complexity index is 261. The Labute approximate surface area is 79.8 Å².